The molecule has 0 spiro atoms. The van der Waals surface area contributed by atoms with Gasteiger partial charge in [0.1, 0.15) is 0 Å². The van der Waals surface area contributed by atoms with Crippen molar-refractivity contribution in [2.24, 2.45) is 0 Å². The number of hydrogen-bond acceptors (Lipinski definition) is 0. The summed E-state index contributed by atoms with van der Waals surface area (Å²) in [6.45, 7) is 17.8. The summed E-state index contributed by atoms with van der Waals surface area (Å²) in [5.41, 5.74) is 0.951. The molecule has 0 bridgehead atoms. The van der Waals surface area contributed by atoms with Crippen LogP contribution in [0, 0.1) is 0 Å². The van der Waals surface area contributed by atoms with Gasteiger partial charge in [0.25, 0.3) is 0 Å². The van der Waals surface area contributed by atoms with E-state index in [9.17, 15) is 0 Å². The SMILES string of the molecule is CC1(C)CCCC(C)(C)[N-]1.CC1(C)CCCC(C)(C)[N-]1.[Cd+2]. The minimum atomic E-state index is 0. The average molecular weight is 393 g/mol. The second-order valence-electron chi connectivity index (χ2n) is 9.18. The van der Waals surface area contributed by atoms with Gasteiger partial charge in [0.2, 0.25) is 0 Å². The van der Waals surface area contributed by atoms with E-state index in [1.54, 1.807) is 0 Å². The van der Waals surface area contributed by atoms with Crippen LogP contribution in [0.3, 0.4) is 0 Å². The largest absolute Gasteiger partial charge is 2.00 e. The number of nitrogens with zero attached hydrogens (tertiary/aromatic N) is 2. The van der Waals surface area contributed by atoms with Gasteiger partial charge in [-0.2, -0.15) is 0 Å². The molecule has 0 aromatic carbocycles. The third-order valence-electron chi connectivity index (χ3n) is 4.36. The Hall–Kier alpha value is 0.842. The van der Waals surface area contributed by atoms with Gasteiger partial charge in [-0.25, -0.2) is 0 Å². The van der Waals surface area contributed by atoms with Gasteiger partial charge in [0.15, 0.2) is 0 Å². The Morgan fingerprint density at radius 2 is 0.667 bits per heavy atom. The first-order valence-corrected chi connectivity index (χ1v) is 8.31. The van der Waals surface area contributed by atoms with E-state index in [0.717, 1.165) is 0 Å². The molecule has 0 atom stereocenters. The monoisotopic (exact) mass is 394 g/mol. The van der Waals surface area contributed by atoms with E-state index in [0.29, 0.717) is 0 Å². The van der Waals surface area contributed by atoms with Crippen LogP contribution < -0.4 is 0 Å². The summed E-state index contributed by atoms with van der Waals surface area (Å²) in [6, 6.07) is 0. The van der Waals surface area contributed by atoms with Crippen LogP contribution in [0.2, 0.25) is 0 Å². The molecule has 120 valence electrons. The van der Waals surface area contributed by atoms with Gasteiger partial charge in [-0.1, -0.05) is 93.9 Å². The summed E-state index contributed by atoms with van der Waals surface area (Å²) in [4.78, 5) is 0. The van der Waals surface area contributed by atoms with Crippen molar-refractivity contribution in [1.82, 2.24) is 0 Å². The zero-order valence-corrected chi connectivity index (χ0v) is 19.9. The molecule has 2 heterocycles. The summed E-state index contributed by atoms with van der Waals surface area (Å²) in [5.74, 6) is 0. The Morgan fingerprint density at radius 1 is 0.476 bits per heavy atom. The Balaban J connectivity index is 0.000000364. The first-order chi connectivity index (χ1) is 8.83. The fraction of sp³-hybridized carbons (Fsp3) is 1.00. The second-order valence-corrected chi connectivity index (χ2v) is 9.18. The Morgan fingerprint density at radius 3 is 0.762 bits per heavy atom. The van der Waals surface area contributed by atoms with Crippen molar-refractivity contribution in [2.75, 3.05) is 0 Å². The van der Waals surface area contributed by atoms with Gasteiger partial charge in [0, 0.05) is 0 Å². The van der Waals surface area contributed by atoms with Crippen LogP contribution >= 0.6 is 0 Å². The van der Waals surface area contributed by atoms with E-state index in [1.165, 1.54) is 38.5 Å². The molecule has 2 aliphatic heterocycles. The number of piperidine rings is 2. The minimum Gasteiger partial charge on any atom is -0.652 e. The number of rotatable bonds is 0. The van der Waals surface area contributed by atoms with Crippen LogP contribution in [0.1, 0.15) is 93.9 Å². The smallest absolute Gasteiger partial charge is 0.652 e. The van der Waals surface area contributed by atoms with E-state index in [-0.39, 0.29) is 49.5 Å². The van der Waals surface area contributed by atoms with Crippen LogP contribution in [0.15, 0.2) is 0 Å². The minimum absolute atomic E-state index is 0. The van der Waals surface area contributed by atoms with E-state index in [4.69, 9.17) is 10.6 Å². The number of hydrogen-bond donors (Lipinski definition) is 0. The van der Waals surface area contributed by atoms with E-state index < -0.39 is 0 Å². The molecule has 21 heavy (non-hydrogen) atoms. The maximum absolute atomic E-state index is 4.75. The van der Waals surface area contributed by atoms with Crippen molar-refractivity contribution in [3.05, 3.63) is 10.6 Å². The summed E-state index contributed by atoms with van der Waals surface area (Å²) in [7, 11) is 0. The Labute approximate surface area is 153 Å². The van der Waals surface area contributed by atoms with Crippen LogP contribution in [0.4, 0.5) is 0 Å². The Bertz CT molecular complexity index is 259. The van der Waals surface area contributed by atoms with Crippen LogP contribution in [-0.4, -0.2) is 22.2 Å². The molecule has 2 rings (SSSR count). The maximum atomic E-state index is 4.75. The topological polar surface area (TPSA) is 28.2 Å². The van der Waals surface area contributed by atoms with Crippen LogP contribution in [0.25, 0.3) is 10.6 Å². The Kier molecular flexibility index (Phi) is 7.91. The summed E-state index contributed by atoms with van der Waals surface area (Å²) < 4.78 is 0. The van der Waals surface area contributed by atoms with Crippen LogP contribution in [0.5, 0.6) is 0 Å². The van der Waals surface area contributed by atoms with Crippen molar-refractivity contribution in [3.8, 4) is 0 Å². The standard InChI is InChI=1S/2C9H18N.Cd/c2*1-8(2)6-5-7-9(3,4)10-8;/h2*5-7H2,1-4H3;/q2*-1;+2. The van der Waals surface area contributed by atoms with Crippen molar-refractivity contribution >= 4 is 0 Å². The molecule has 2 fully saturated rings. The molecule has 2 saturated heterocycles. The summed E-state index contributed by atoms with van der Waals surface area (Å²) >= 11 is 0. The third kappa shape index (κ3) is 8.89. The molecular formula is C18H36CdN2. The first-order valence-electron chi connectivity index (χ1n) is 8.31. The predicted molar refractivity (Wildman–Crippen MR) is 90.7 cm³/mol. The third-order valence-corrected chi connectivity index (χ3v) is 4.36. The molecule has 2 nitrogen and oxygen atoms in total. The molecule has 0 aliphatic carbocycles. The van der Waals surface area contributed by atoms with Gasteiger partial charge in [0.05, 0.1) is 0 Å². The summed E-state index contributed by atoms with van der Waals surface area (Å²) in [5, 5.41) is 9.49. The zero-order chi connectivity index (χ0) is 15.7. The quantitative estimate of drug-likeness (QED) is 0.439. The molecule has 0 unspecified atom stereocenters. The van der Waals surface area contributed by atoms with Gasteiger partial charge in [-0.3, -0.25) is 0 Å². The van der Waals surface area contributed by atoms with Crippen molar-refractivity contribution in [2.45, 2.75) is 116 Å². The zero-order valence-electron chi connectivity index (χ0n) is 15.8. The van der Waals surface area contributed by atoms with Crippen molar-refractivity contribution in [3.63, 3.8) is 0 Å². The molecular weight excluding hydrogens is 357 g/mol. The normalized spacial score (nSPS) is 28.6. The van der Waals surface area contributed by atoms with Crippen molar-refractivity contribution in [1.29, 1.82) is 0 Å². The van der Waals surface area contributed by atoms with Gasteiger partial charge in [-0.15, -0.1) is 22.2 Å². The maximum Gasteiger partial charge on any atom is 2.00 e. The first kappa shape index (κ1) is 21.8. The average Bonchev–Trinajstić information content (AvgIpc) is 2.09. The van der Waals surface area contributed by atoms with Gasteiger partial charge < -0.3 is 10.6 Å². The predicted octanol–water partition coefficient (Wildman–Crippen LogP) is 6.20. The molecule has 0 saturated carbocycles. The fourth-order valence-electron chi connectivity index (χ4n) is 3.77. The summed E-state index contributed by atoms with van der Waals surface area (Å²) in [6.07, 6.45) is 7.72. The van der Waals surface area contributed by atoms with E-state index >= 15 is 0 Å². The van der Waals surface area contributed by atoms with Crippen LogP contribution in [-0.2, 0) is 27.3 Å². The second kappa shape index (κ2) is 7.61. The molecule has 0 aromatic rings. The molecule has 0 amide bonds. The van der Waals surface area contributed by atoms with Gasteiger partial charge in [-0.05, 0) is 0 Å². The molecule has 0 aromatic heterocycles. The molecule has 0 radical (unpaired) electrons. The molecule has 3 heteroatoms. The van der Waals surface area contributed by atoms with Gasteiger partial charge >= 0.3 is 27.3 Å². The van der Waals surface area contributed by atoms with E-state index in [1.807, 2.05) is 0 Å². The molecule has 0 N–H and O–H groups in total. The molecule has 2 aliphatic rings. The van der Waals surface area contributed by atoms with E-state index in [2.05, 4.69) is 55.4 Å². The fourth-order valence-corrected chi connectivity index (χ4v) is 3.77. The van der Waals surface area contributed by atoms with Crippen molar-refractivity contribution < 1.29 is 27.3 Å².